The largest absolute Gasteiger partial charge is 0.293 e. The molecule has 0 saturated heterocycles. The van der Waals surface area contributed by atoms with E-state index in [4.69, 9.17) is 5.21 Å². The van der Waals surface area contributed by atoms with Crippen molar-refractivity contribution >= 4 is 34.2 Å². The maximum atomic E-state index is 12.2. The zero-order chi connectivity index (χ0) is 15.8. The fourth-order valence-electron chi connectivity index (χ4n) is 2.16. The van der Waals surface area contributed by atoms with Gasteiger partial charge in [0.2, 0.25) is 5.91 Å². The zero-order valence-corrected chi connectivity index (χ0v) is 13.1. The first-order valence-electron chi connectivity index (χ1n) is 7.23. The Labute approximate surface area is 133 Å². The molecule has 1 amide bonds. The number of rotatable bonds is 8. The number of fused-ring (bicyclic) bond motifs is 1. The van der Waals surface area contributed by atoms with Crippen molar-refractivity contribution in [3.05, 3.63) is 48.0 Å². The molecule has 2 rings (SSSR count). The summed E-state index contributed by atoms with van der Waals surface area (Å²) in [4.78, 5) is 23.0. The van der Waals surface area contributed by atoms with Crippen molar-refractivity contribution in [3.63, 3.8) is 0 Å². The monoisotopic (exact) mass is 317 g/mol. The lowest BCUT2D eigenvalue weighted by atomic mass is 10.1. The molecule has 0 fully saturated rings. The molecule has 0 bridgehead atoms. The normalized spacial score (nSPS) is 10.6. The van der Waals surface area contributed by atoms with Gasteiger partial charge in [-0.05, 0) is 35.4 Å². The van der Waals surface area contributed by atoms with E-state index < -0.39 is 0 Å². The second-order valence-corrected chi connectivity index (χ2v) is 6.13. The average molecular weight is 317 g/mol. The maximum Gasteiger partial charge on any atom is 0.243 e. The number of amides is 1. The second-order valence-electron chi connectivity index (χ2n) is 5.03. The van der Waals surface area contributed by atoms with Gasteiger partial charge in [0.05, 0.1) is 5.75 Å². The number of thioether (sulfide) groups is 1. The molecule has 0 atom stereocenters. The van der Waals surface area contributed by atoms with Crippen LogP contribution in [-0.2, 0) is 4.79 Å². The predicted octanol–water partition coefficient (Wildman–Crippen LogP) is 3.43. The molecule has 0 aromatic heterocycles. The van der Waals surface area contributed by atoms with Crippen molar-refractivity contribution in [2.75, 3.05) is 11.5 Å². The van der Waals surface area contributed by atoms with E-state index in [9.17, 15) is 9.59 Å². The highest BCUT2D eigenvalue weighted by Crippen LogP contribution is 2.17. The molecule has 4 nitrogen and oxygen atoms in total. The van der Waals surface area contributed by atoms with Gasteiger partial charge in [0, 0.05) is 12.0 Å². The Hall–Kier alpha value is -1.85. The van der Waals surface area contributed by atoms with Crippen LogP contribution in [0.25, 0.3) is 10.8 Å². The lowest BCUT2D eigenvalue weighted by Crippen LogP contribution is -2.17. The van der Waals surface area contributed by atoms with E-state index in [1.165, 1.54) is 0 Å². The van der Waals surface area contributed by atoms with Crippen molar-refractivity contribution in [2.24, 2.45) is 0 Å². The molecule has 0 aliphatic heterocycles. The smallest absolute Gasteiger partial charge is 0.243 e. The minimum atomic E-state index is -0.364. The number of carbonyl (C=O) groups is 2. The number of hydrogen-bond acceptors (Lipinski definition) is 4. The molecule has 0 spiro atoms. The molecular formula is C17H19NO3S. The summed E-state index contributed by atoms with van der Waals surface area (Å²) >= 11 is 1.58. The first-order chi connectivity index (χ1) is 10.7. The topological polar surface area (TPSA) is 66.4 Å². The van der Waals surface area contributed by atoms with E-state index in [1.54, 1.807) is 17.2 Å². The van der Waals surface area contributed by atoms with E-state index in [0.29, 0.717) is 18.6 Å². The first kappa shape index (κ1) is 16.5. The number of unbranched alkanes of at least 4 members (excludes halogenated alkanes) is 1. The third-order valence-electron chi connectivity index (χ3n) is 3.37. The number of nitrogens with one attached hydrogen (secondary N) is 1. The Balaban J connectivity index is 1.75. The maximum absolute atomic E-state index is 12.2. The van der Waals surface area contributed by atoms with Crippen LogP contribution in [0.4, 0.5) is 0 Å². The third kappa shape index (κ3) is 4.86. The van der Waals surface area contributed by atoms with Crippen LogP contribution in [0.2, 0.25) is 0 Å². The van der Waals surface area contributed by atoms with E-state index in [2.05, 4.69) is 0 Å². The average Bonchev–Trinajstić information content (AvgIpc) is 2.56. The lowest BCUT2D eigenvalue weighted by molar-refractivity contribution is -0.129. The molecule has 2 aromatic rings. The van der Waals surface area contributed by atoms with Crippen molar-refractivity contribution in [2.45, 2.75) is 19.3 Å². The highest BCUT2D eigenvalue weighted by atomic mass is 32.2. The summed E-state index contributed by atoms with van der Waals surface area (Å²) in [5, 5.41) is 10.6. The summed E-state index contributed by atoms with van der Waals surface area (Å²) in [5.41, 5.74) is 2.35. The summed E-state index contributed by atoms with van der Waals surface area (Å²) in [6.07, 6.45) is 1.88. The number of benzene rings is 2. The fraction of sp³-hybridized carbons (Fsp3) is 0.294. The molecule has 116 valence electrons. The van der Waals surface area contributed by atoms with E-state index in [1.807, 2.05) is 42.5 Å². The molecule has 0 radical (unpaired) electrons. The van der Waals surface area contributed by atoms with Crippen LogP contribution in [0.5, 0.6) is 0 Å². The van der Waals surface area contributed by atoms with Gasteiger partial charge in [-0.15, -0.1) is 0 Å². The minimum Gasteiger partial charge on any atom is -0.293 e. The van der Waals surface area contributed by atoms with Crippen LogP contribution in [0.1, 0.15) is 29.6 Å². The Bertz CT molecular complexity index is 657. The Morgan fingerprint density at radius 2 is 1.82 bits per heavy atom. The summed E-state index contributed by atoms with van der Waals surface area (Å²) in [6.45, 7) is 0. The third-order valence-corrected chi connectivity index (χ3v) is 4.42. The Morgan fingerprint density at radius 1 is 1.05 bits per heavy atom. The molecule has 0 aliphatic rings. The molecule has 2 N–H and O–H groups in total. The van der Waals surface area contributed by atoms with Gasteiger partial charge >= 0.3 is 0 Å². The van der Waals surface area contributed by atoms with Gasteiger partial charge in [0.25, 0.3) is 0 Å². The van der Waals surface area contributed by atoms with E-state index in [-0.39, 0.29) is 11.7 Å². The SMILES string of the molecule is O=C(CCCCSCC(=O)c1ccc2ccccc2c1)NO. The second kappa shape index (κ2) is 8.56. The quantitative estimate of drug-likeness (QED) is 0.339. The van der Waals surface area contributed by atoms with Crippen LogP contribution >= 0.6 is 11.8 Å². The van der Waals surface area contributed by atoms with E-state index in [0.717, 1.165) is 28.5 Å². The van der Waals surface area contributed by atoms with Crippen LogP contribution in [-0.4, -0.2) is 28.4 Å². The van der Waals surface area contributed by atoms with Crippen LogP contribution in [0.3, 0.4) is 0 Å². The van der Waals surface area contributed by atoms with Gasteiger partial charge in [-0.25, -0.2) is 5.48 Å². The number of hydrogen-bond donors (Lipinski definition) is 2. The van der Waals surface area contributed by atoms with Crippen molar-refractivity contribution < 1.29 is 14.8 Å². The van der Waals surface area contributed by atoms with Gasteiger partial charge in [-0.3, -0.25) is 14.8 Å². The first-order valence-corrected chi connectivity index (χ1v) is 8.39. The standard InChI is InChI=1S/C17H19NO3S/c19-16(12-22-10-4-3-7-17(20)18-21)15-9-8-13-5-1-2-6-14(13)11-15/h1-2,5-6,8-9,11,21H,3-4,7,10,12H2,(H,18,20). The van der Waals surface area contributed by atoms with Crippen LogP contribution < -0.4 is 5.48 Å². The molecular weight excluding hydrogens is 298 g/mol. The number of carbonyl (C=O) groups excluding carboxylic acids is 2. The molecule has 0 saturated carbocycles. The Kier molecular flexibility index (Phi) is 6.43. The fourth-order valence-corrected chi connectivity index (χ4v) is 3.06. The van der Waals surface area contributed by atoms with E-state index >= 15 is 0 Å². The highest BCUT2D eigenvalue weighted by Gasteiger charge is 2.07. The minimum absolute atomic E-state index is 0.129. The number of Topliss-reactive ketones (excluding diaryl/α,β-unsaturated/α-hetero) is 1. The van der Waals surface area contributed by atoms with Crippen molar-refractivity contribution in [1.29, 1.82) is 0 Å². The summed E-state index contributed by atoms with van der Waals surface area (Å²) in [5.74, 6) is 1.05. The molecule has 5 heteroatoms. The van der Waals surface area contributed by atoms with Gasteiger partial charge in [0.1, 0.15) is 0 Å². The lowest BCUT2D eigenvalue weighted by Gasteiger charge is -2.04. The summed E-state index contributed by atoms with van der Waals surface area (Å²) in [6, 6.07) is 13.8. The molecule has 0 aliphatic carbocycles. The summed E-state index contributed by atoms with van der Waals surface area (Å²) in [7, 11) is 0. The highest BCUT2D eigenvalue weighted by molar-refractivity contribution is 7.99. The molecule has 2 aromatic carbocycles. The van der Waals surface area contributed by atoms with Gasteiger partial charge in [-0.1, -0.05) is 36.4 Å². The van der Waals surface area contributed by atoms with Gasteiger partial charge in [0.15, 0.2) is 5.78 Å². The van der Waals surface area contributed by atoms with Crippen LogP contribution in [0, 0.1) is 0 Å². The van der Waals surface area contributed by atoms with Gasteiger partial charge in [-0.2, -0.15) is 11.8 Å². The number of hydroxylamine groups is 1. The number of ketones is 1. The zero-order valence-electron chi connectivity index (χ0n) is 12.2. The van der Waals surface area contributed by atoms with Crippen LogP contribution in [0.15, 0.2) is 42.5 Å². The van der Waals surface area contributed by atoms with Crippen molar-refractivity contribution in [3.8, 4) is 0 Å². The molecule has 22 heavy (non-hydrogen) atoms. The Morgan fingerprint density at radius 3 is 2.59 bits per heavy atom. The summed E-state index contributed by atoms with van der Waals surface area (Å²) < 4.78 is 0. The van der Waals surface area contributed by atoms with Crippen molar-refractivity contribution in [1.82, 2.24) is 5.48 Å². The van der Waals surface area contributed by atoms with Gasteiger partial charge < -0.3 is 0 Å². The molecule has 0 heterocycles. The molecule has 0 unspecified atom stereocenters. The predicted molar refractivity (Wildman–Crippen MR) is 89.4 cm³/mol.